The second-order valence-electron chi connectivity index (χ2n) is 5.25. The molecular formula is C15H18FNO3. The molecule has 0 heterocycles. The highest BCUT2D eigenvalue weighted by Gasteiger charge is 2.45. The van der Waals surface area contributed by atoms with Crippen LogP contribution in [0.5, 0.6) is 0 Å². The number of hydrogen-bond acceptors (Lipinski definition) is 3. The van der Waals surface area contributed by atoms with Gasteiger partial charge >= 0.3 is 5.97 Å². The van der Waals surface area contributed by atoms with Crippen molar-refractivity contribution in [2.75, 3.05) is 0 Å². The molecule has 0 saturated heterocycles. The first-order chi connectivity index (χ1) is 9.45. The van der Waals surface area contributed by atoms with E-state index >= 15 is 0 Å². The van der Waals surface area contributed by atoms with Crippen LogP contribution in [0.25, 0.3) is 0 Å². The molecule has 4 nitrogen and oxygen atoms in total. The quantitative estimate of drug-likeness (QED) is 0.858. The van der Waals surface area contributed by atoms with Crippen molar-refractivity contribution in [2.45, 2.75) is 44.1 Å². The molecule has 0 bridgehead atoms. The molecule has 1 amide bonds. The van der Waals surface area contributed by atoms with Gasteiger partial charge in [0.2, 0.25) is 0 Å². The Morgan fingerprint density at radius 2 is 1.80 bits per heavy atom. The standard InChI is InChI=1S/C15H18FNO3/c1-10(13(17)18)20-14(19)15(8-2-3-9-15)11-4-6-12(16)7-5-11/h4-7,10H,2-3,8-9H2,1H3,(H2,17,18)/t10-/m0/s1. The van der Waals surface area contributed by atoms with E-state index in [2.05, 4.69) is 0 Å². The number of ether oxygens (including phenoxy) is 1. The summed E-state index contributed by atoms with van der Waals surface area (Å²) in [6, 6.07) is 5.88. The van der Waals surface area contributed by atoms with E-state index in [-0.39, 0.29) is 5.82 Å². The molecule has 0 aromatic heterocycles. The summed E-state index contributed by atoms with van der Waals surface area (Å²) in [5.41, 5.74) is 5.07. The van der Waals surface area contributed by atoms with Gasteiger partial charge in [-0.25, -0.2) is 4.39 Å². The molecule has 1 atom stereocenters. The maximum absolute atomic E-state index is 13.0. The SMILES string of the molecule is C[C@H](OC(=O)C1(c2ccc(F)cc2)CCCC1)C(N)=O. The number of nitrogens with two attached hydrogens (primary N) is 1. The smallest absolute Gasteiger partial charge is 0.317 e. The number of benzene rings is 1. The predicted molar refractivity (Wildman–Crippen MR) is 71.3 cm³/mol. The van der Waals surface area contributed by atoms with Crippen molar-refractivity contribution in [3.8, 4) is 0 Å². The Morgan fingerprint density at radius 1 is 1.25 bits per heavy atom. The van der Waals surface area contributed by atoms with E-state index < -0.39 is 23.4 Å². The second kappa shape index (κ2) is 5.61. The number of esters is 1. The van der Waals surface area contributed by atoms with Gasteiger partial charge in [0.25, 0.3) is 5.91 Å². The summed E-state index contributed by atoms with van der Waals surface area (Å²) < 4.78 is 18.2. The number of carbonyl (C=O) groups is 2. The minimum atomic E-state index is -0.958. The minimum Gasteiger partial charge on any atom is -0.452 e. The van der Waals surface area contributed by atoms with E-state index in [0.717, 1.165) is 18.4 Å². The lowest BCUT2D eigenvalue weighted by Gasteiger charge is -2.28. The van der Waals surface area contributed by atoms with E-state index in [1.165, 1.54) is 19.1 Å². The largest absolute Gasteiger partial charge is 0.452 e. The third kappa shape index (κ3) is 2.66. The molecule has 20 heavy (non-hydrogen) atoms. The molecular weight excluding hydrogens is 261 g/mol. The molecule has 1 aliphatic rings. The first kappa shape index (κ1) is 14.5. The summed E-state index contributed by atoms with van der Waals surface area (Å²) in [5.74, 6) is -1.47. The predicted octanol–water partition coefficient (Wildman–Crippen LogP) is 2.05. The lowest BCUT2D eigenvalue weighted by Crippen LogP contribution is -2.40. The van der Waals surface area contributed by atoms with Gasteiger partial charge in [0.15, 0.2) is 6.10 Å². The summed E-state index contributed by atoms with van der Waals surface area (Å²) >= 11 is 0. The van der Waals surface area contributed by atoms with Crippen molar-refractivity contribution >= 4 is 11.9 Å². The van der Waals surface area contributed by atoms with Gasteiger partial charge in [-0.15, -0.1) is 0 Å². The molecule has 2 N–H and O–H groups in total. The third-order valence-electron chi connectivity index (χ3n) is 3.93. The third-order valence-corrected chi connectivity index (χ3v) is 3.93. The summed E-state index contributed by atoms with van der Waals surface area (Å²) in [4.78, 5) is 23.5. The number of halogens is 1. The van der Waals surface area contributed by atoms with Crippen LogP contribution >= 0.6 is 0 Å². The van der Waals surface area contributed by atoms with Gasteiger partial charge in [0, 0.05) is 0 Å². The normalized spacial score (nSPS) is 18.5. The Hall–Kier alpha value is -1.91. The highest BCUT2D eigenvalue weighted by molar-refractivity contribution is 5.87. The zero-order chi connectivity index (χ0) is 14.8. The van der Waals surface area contributed by atoms with E-state index in [1.807, 2.05) is 0 Å². The van der Waals surface area contributed by atoms with Gasteiger partial charge in [-0.2, -0.15) is 0 Å². The van der Waals surface area contributed by atoms with E-state index in [9.17, 15) is 14.0 Å². The fourth-order valence-corrected chi connectivity index (χ4v) is 2.69. The summed E-state index contributed by atoms with van der Waals surface area (Å²) in [6.07, 6.45) is 2.13. The maximum Gasteiger partial charge on any atom is 0.317 e. The summed E-state index contributed by atoms with van der Waals surface area (Å²) in [6.45, 7) is 1.45. The van der Waals surface area contributed by atoms with Crippen molar-refractivity contribution in [2.24, 2.45) is 5.73 Å². The Balaban J connectivity index is 2.28. The van der Waals surface area contributed by atoms with Gasteiger partial charge < -0.3 is 10.5 Å². The molecule has 1 aromatic carbocycles. The average Bonchev–Trinajstić information content (AvgIpc) is 2.90. The number of amides is 1. The van der Waals surface area contributed by atoms with Crippen LogP contribution in [0.3, 0.4) is 0 Å². The molecule has 1 aliphatic carbocycles. The topological polar surface area (TPSA) is 69.4 Å². The molecule has 1 aromatic rings. The van der Waals surface area contributed by atoms with Crippen molar-refractivity contribution < 1.29 is 18.7 Å². The van der Waals surface area contributed by atoms with Gasteiger partial charge in [-0.3, -0.25) is 9.59 Å². The van der Waals surface area contributed by atoms with E-state index in [1.54, 1.807) is 12.1 Å². The Morgan fingerprint density at radius 3 is 2.30 bits per heavy atom. The van der Waals surface area contributed by atoms with Crippen LogP contribution in [-0.2, 0) is 19.7 Å². The van der Waals surface area contributed by atoms with E-state index in [4.69, 9.17) is 10.5 Å². The first-order valence-electron chi connectivity index (χ1n) is 6.72. The fraction of sp³-hybridized carbons (Fsp3) is 0.467. The highest BCUT2D eigenvalue weighted by atomic mass is 19.1. The maximum atomic E-state index is 13.0. The monoisotopic (exact) mass is 279 g/mol. The summed E-state index contributed by atoms with van der Waals surface area (Å²) in [7, 11) is 0. The molecule has 0 aliphatic heterocycles. The number of rotatable bonds is 4. The molecule has 0 radical (unpaired) electrons. The molecule has 1 saturated carbocycles. The van der Waals surface area contributed by atoms with Gasteiger partial charge in [-0.05, 0) is 37.5 Å². The number of carbonyl (C=O) groups excluding carboxylic acids is 2. The van der Waals surface area contributed by atoms with Crippen molar-refractivity contribution in [1.29, 1.82) is 0 Å². The van der Waals surface area contributed by atoms with Crippen LogP contribution < -0.4 is 5.73 Å². The number of hydrogen-bond donors (Lipinski definition) is 1. The van der Waals surface area contributed by atoms with E-state index in [0.29, 0.717) is 12.8 Å². The van der Waals surface area contributed by atoms with Crippen LogP contribution in [0.2, 0.25) is 0 Å². The molecule has 2 rings (SSSR count). The van der Waals surface area contributed by atoms with Crippen LogP contribution in [-0.4, -0.2) is 18.0 Å². The Kier molecular flexibility index (Phi) is 4.06. The van der Waals surface area contributed by atoms with Crippen molar-refractivity contribution in [3.05, 3.63) is 35.6 Å². The second-order valence-corrected chi connectivity index (χ2v) is 5.25. The lowest BCUT2D eigenvalue weighted by atomic mass is 9.79. The molecule has 0 unspecified atom stereocenters. The van der Waals surface area contributed by atoms with Gasteiger partial charge in [0.05, 0.1) is 5.41 Å². The average molecular weight is 279 g/mol. The summed E-state index contributed by atoms with van der Waals surface area (Å²) in [5, 5.41) is 0. The lowest BCUT2D eigenvalue weighted by molar-refractivity contribution is -0.159. The zero-order valence-electron chi connectivity index (χ0n) is 11.4. The van der Waals surface area contributed by atoms with Crippen molar-refractivity contribution in [3.63, 3.8) is 0 Å². The van der Waals surface area contributed by atoms with Crippen LogP contribution in [0.15, 0.2) is 24.3 Å². The zero-order valence-corrected chi connectivity index (χ0v) is 11.4. The molecule has 0 spiro atoms. The fourth-order valence-electron chi connectivity index (χ4n) is 2.69. The molecule has 108 valence electrons. The minimum absolute atomic E-state index is 0.347. The van der Waals surface area contributed by atoms with Gasteiger partial charge in [0.1, 0.15) is 5.82 Å². The highest BCUT2D eigenvalue weighted by Crippen LogP contribution is 2.42. The first-order valence-corrected chi connectivity index (χ1v) is 6.72. The Bertz CT molecular complexity index is 506. The van der Waals surface area contributed by atoms with Crippen molar-refractivity contribution in [1.82, 2.24) is 0 Å². The van der Waals surface area contributed by atoms with Crippen LogP contribution in [0.1, 0.15) is 38.2 Å². The number of primary amides is 1. The Labute approximate surface area is 117 Å². The molecule has 5 heteroatoms. The molecule has 1 fully saturated rings. The van der Waals surface area contributed by atoms with Crippen LogP contribution in [0.4, 0.5) is 4.39 Å². The van der Waals surface area contributed by atoms with Crippen LogP contribution in [0, 0.1) is 5.82 Å². The van der Waals surface area contributed by atoms with Gasteiger partial charge in [-0.1, -0.05) is 25.0 Å².